The van der Waals surface area contributed by atoms with Gasteiger partial charge in [-0.2, -0.15) is 0 Å². The summed E-state index contributed by atoms with van der Waals surface area (Å²) in [5, 5.41) is 7.63. The fourth-order valence-corrected chi connectivity index (χ4v) is 4.75. The van der Waals surface area contributed by atoms with Gasteiger partial charge in [-0.05, 0) is 32.8 Å². The van der Waals surface area contributed by atoms with Crippen LogP contribution in [0.25, 0.3) is 11.0 Å². The first-order valence-electron chi connectivity index (χ1n) is 8.99. The number of aryl methyl sites for hydroxylation is 1. The van der Waals surface area contributed by atoms with Crippen molar-refractivity contribution in [2.45, 2.75) is 33.2 Å². The standard InChI is InChI=1S/C19H27N3O3S/c1-4-20-18(22-12-19(9-10-19)13-26(3,23)24)21-11-17-14(2)15-7-5-6-8-16(15)25-17/h5-8H,4,9-13H2,1-3H3,(H2,20,21,22). The molecule has 3 rings (SSSR count). The number of hydrogen-bond acceptors (Lipinski definition) is 4. The molecule has 0 amide bonds. The quantitative estimate of drug-likeness (QED) is 0.572. The fourth-order valence-electron chi connectivity index (χ4n) is 3.24. The summed E-state index contributed by atoms with van der Waals surface area (Å²) in [4.78, 5) is 4.62. The van der Waals surface area contributed by atoms with Crippen molar-refractivity contribution in [3.63, 3.8) is 0 Å². The average molecular weight is 378 g/mol. The van der Waals surface area contributed by atoms with Crippen LogP contribution in [0.2, 0.25) is 0 Å². The maximum Gasteiger partial charge on any atom is 0.191 e. The molecule has 0 atom stereocenters. The molecular formula is C19H27N3O3S. The van der Waals surface area contributed by atoms with E-state index in [2.05, 4.69) is 15.6 Å². The van der Waals surface area contributed by atoms with Crippen molar-refractivity contribution in [1.29, 1.82) is 0 Å². The molecule has 1 aliphatic carbocycles. The molecule has 1 fully saturated rings. The first-order chi connectivity index (χ1) is 12.3. The molecule has 6 nitrogen and oxygen atoms in total. The van der Waals surface area contributed by atoms with Crippen LogP contribution in [0.15, 0.2) is 33.7 Å². The van der Waals surface area contributed by atoms with Crippen LogP contribution in [0, 0.1) is 12.3 Å². The number of hydrogen-bond donors (Lipinski definition) is 2. The van der Waals surface area contributed by atoms with Crippen molar-refractivity contribution in [2.24, 2.45) is 10.4 Å². The summed E-state index contributed by atoms with van der Waals surface area (Å²) in [6.45, 7) is 5.85. The summed E-state index contributed by atoms with van der Waals surface area (Å²) in [7, 11) is -2.97. The van der Waals surface area contributed by atoms with Crippen molar-refractivity contribution >= 4 is 26.8 Å². The van der Waals surface area contributed by atoms with E-state index in [0.717, 1.165) is 41.7 Å². The predicted molar refractivity (Wildman–Crippen MR) is 105 cm³/mol. The monoisotopic (exact) mass is 377 g/mol. The van der Waals surface area contributed by atoms with Gasteiger partial charge in [-0.25, -0.2) is 13.4 Å². The third-order valence-corrected chi connectivity index (χ3v) is 5.96. The number of nitrogens with zero attached hydrogens (tertiary/aromatic N) is 1. The Balaban J connectivity index is 1.68. The number of furan rings is 1. The molecule has 1 aromatic heterocycles. The molecule has 1 aliphatic rings. The molecule has 1 heterocycles. The molecule has 0 unspecified atom stereocenters. The Bertz CT molecular complexity index is 911. The molecule has 0 spiro atoms. The van der Waals surface area contributed by atoms with Gasteiger partial charge < -0.3 is 15.1 Å². The van der Waals surface area contributed by atoms with Gasteiger partial charge in [-0.1, -0.05) is 18.2 Å². The summed E-state index contributed by atoms with van der Waals surface area (Å²) in [5.74, 6) is 1.77. The van der Waals surface area contributed by atoms with E-state index < -0.39 is 9.84 Å². The first kappa shape index (κ1) is 18.8. The Labute approximate surface area is 155 Å². The lowest BCUT2D eigenvalue weighted by Gasteiger charge is -2.17. The summed E-state index contributed by atoms with van der Waals surface area (Å²) < 4.78 is 29.1. The molecule has 1 aromatic carbocycles. The topological polar surface area (TPSA) is 83.7 Å². The summed E-state index contributed by atoms with van der Waals surface area (Å²) >= 11 is 0. The van der Waals surface area contributed by atoms with Gasteiger partial charge in [0.25, 0.3) is 0 Å². The molecule has 2 aromatic rings. The molecule has 26 heavy (non-hydrogen) atoms. The van der Waals surface area contributed by atoms with Gasteiger partial charge in [0.15, 0.2) is 5.96 Å². The molecule has 7 heteroatoms. The van der Waals surface area contributed by atoms with E-state index in [1.807, 2.05) is 38.1 Å². The van der Waals surface area contributed by atoms with E-state index in [4.69, 9.17) is 4.42 Å². The Kier molecular flexibility index (Phi) is 5.27. The van der Waals surface area contributed by atoms with Gasteiger partial charge in [-0.15, -0.1) is 0 Å². The highest BCUT2D eigenvalue weighted by molar-refractivity contribution is 7.90. The zero-order valence-corrected chi connectivity index (χ0v) is 16.4. The van der Waals surface area contributed by atoms with Gasteiger partial charge in [0, 0.05) is 35.7 Å². The maximum atomic E-state index is 11.6. The van der Waals surface area contributed by atoms with E-state index in [9.17, 15) is 8.42 Å². The van der Waals surface area contributed by atoms with Crippen LogP contribution in [-0.2, 0) is 16.4 Å². The highest BCUT2D eigenvalue weighted by Crippen LogP contribution is 2.46. The Hall–Kier alpha value is -2.02. The van der Waals surface area contributed by atoms with Crippen LogP contribution in [0.5, 0.6) is 0 Å². The highest BCUT2D eigenvalue weighted by atomic mass is 32.2. The van der Waals surface area contributed by atoms with Crippen molar-refractivity contribution < 1.29 is 12.8 Å². The number of guanidine groups is 1. The smallest absolute Gasteiger partial charge is 0.191 e. The second-order valence-electron chi connectivity index (χ2n) is 7.27. The zero-order valence-electron chi connectivity index (χ0n) is 15.6. The first-order valence-corrected chi connectivity index (χ1v) is 11.0. The molecule has 142 valence electrons. The Morgan fingerprint density at radius 1 is 1.27 bits per heavy atom. The second kappa shape index (κ2) is 7.31. The Morgan fingerprint density at radius 2 is 2.00 bits per heavy atom. The van der Waals surface area contributed by atoms with Crippen molar-refractivity contribution in [1.82, 2.24) is 10.6 Å². The molecule has 0 radical (unpaired) electrons. The third kappa shape index (κ3) is 4.58. The van der Waals surface area contributed by atoms with Crippen LogP contribution in [0.3, 0.4) is 0 Å². The molecule has 0 bridgehead atoms. The lowest BCUT2D eigenvalue weighted by Crippen LogP contribution is -2.41. The minimum Gasteiger partial charge on any atom is -0.459 e. The van der Waals surface area contributed by atoms with Crippen molar-refractivity contribution in [3.05, 3.63) is 35.6 Å². The lowest BCUT2D eigenvalue weighted by molar-refractivity contribution is 0.526. The van der Waals surface area contributed by atoms with Crippen LogP contribution in [0.4, 0.5) is 0 Å². The normalized spacial score (nSPS) is 16.7. The van der Waals surface area contributed by atoms with Gasteiger partial charge in [0.05, 0.1) is 5.75 Å². The van der Waals surface area contributed by atoms with E-state index in [-0.39, 0.29) is 11.2 Å². The number of para-hydroxylation sites is 1. The third-order valence-electron chi connectivity index (χ3n) is 4.82. The van der Waals surface area contributed by atoms with E-state index in [1.54, 1.807) is 0 Å². The van der Waals surface area contributed by atoms with Gasteiger partial charge in [0.2, 0.25) is 0 Å². The zero-order chi connectivity index (χ0) is 18.8. The number of sulfone groups is 1. The predicted octanol–water partition coefficient (Wildman–Crippen LogP) is 2.62. The van der Waals surface area contributed by atoms with Crippen LogP contribution < -0.4 is 10.6 Å². The summed E-state index contributed by atoms with van der Waals surface area (Å²) in [6.07, 6.45) is 3.18. The van der Waals surface area contributed by atoms with E-state index in [1.165, 1.54) is 6.26 Å². The average Bonchev–Trinajstić information content (AvgIpc) is 3.25. The number of benzene rings is 1. The number of nitrogens with one attached hydrogen (secondary N) is 2. The SMILES string of the molecule is CCNC(=NCc1oc2ccccc2c1C)NCC1(CS(C)(=O)=O)CC1. The molecule has 1 saturated carbocycles. The van der Waals surface area contributed by atoms with Gasteiger partial charge in [-0.3, -0.25) is 0 Å². The number of aliphatic imine (C=N–C) groups is 1. The van der Waals surface area contributed by atoms with Crippen molar-refractivity contribution in [2.75, 3.05) is 25.1 Å². The van der Waals surface area contributed by atoms with Crippen molar-refractivity contribution in [3.8, 4) is 0 Å². The minimum absolute atomic E-state index is 0.140. The van der Waals surface area contributed by atoms with Crippen LogP contribution >= 0.6 is 0 Å². The summed E-state index contributed by atoms with van der Waals surface area (Å²) in [5.41, 5.74) is 1.84. The maximum absolute atomic E-state index is 11.6. The highest BCUT2D eigenvalue weighted by Gasteiger charge is 2.45. The summed E-state index contributed by atoms with van der Waals surface area (Å²) in [6, 6.07) is 7.97. The van der Waals surface area contributed by atoms with Gasteiger partial charge >= 0.3 is 0 Å². The Morgan fingerprint density at radius 3 is 2.62 bits per heavy atom. The van der Waals surface area contributed by atoms with Crippen LogP contribution in [-0.4, -0.2) is 39.5 Å². The minimum atomic E-state index is -2.97. The lowest BCUT2D eigenvalue weighted by atomic mass is 10.1. The second-order valence-corrected chi connectivity index (χ2v) is 9.41. The van der Waals surface area contributed by atoms with E-state index >= 15 is 0 Å². The molecular weight excluding hydrogens is 350 g/mol. The molecule has 0 aliphatic heterocycles. The number of rotatable bonds is 7. The largest absolute Gasteiger partial charge is 0.459 e. The van der Waals surface area contributed by atoms with Crippen LogP contribution in [0.1, 0.15) is 31.1 Å². The molecule has 0 saturated heterocycles. The van der Waals surface area contributed by atoms with E-state index in [0.29, 0.717) is 19.0 Å². The molecule has 2 N–H and O–H groups in total. The van der Waals surface area contributed by atoms with Gasteiger partial charge in [0.1, 0.15) is 27.7 Å². The fraction of sp³-hybridized carbons (Fsp3) is 0.526. The number of fused-ring (bicyclic) bond motifs is 1.